The Labute approximate surface area is 98.0 Å². The molecule has 1 heterocycles. The smallest absolute Gasteiger partial charge is 0.278 e. The van der Waals surface area contributed by atoms with Crippen LogP contribution in [0.1, 0.15) is 34.1 Å². The van der Waals surface area contributed by atoms with Crippen LogP contribution in [0.15, 0.2) is 0 Å². The van der Waals surface area contributed by atoms with E-state index in [-0.39, 0.29) is 0 Å². The van der Waals surface area contributed by atoms with Gasteiger partial charge in [0.15, 0.2) is 0 Å². The summed E-state index contributed by atoms with van der Waals surface area (Å²) in [5.74, 6) is 0.915. The highest BCUT2D eigenvalue weighted by Gasteiger charge is 2.76. The molecule has 2 radical (unpaired) electrons. The normalized spacial score (nSPS) is 29.6. The largest absolute Gasteiger partial charge is 0.310 e. The van der Waals surface area contributed by atoms with Crippen molar-refractivity contribution < 1.29 is 12.5 Å². The number of rotatable bonds is 8. The summed E-state index contributed by atoms with van der Waals surface area (Å²) in [6, 6.07) is 0. The predicted octanol–water partition coefficient (Wildman–Crippen LogP) is 3.32. The Morgan fingerprint density at radius 1 is 0.933 bits per heavy atom. The first-order valence-corrected chi connectivity index (χ1v) is 11.7. The molecule has 0 saturated carbocycles. The molecular formula is C9H22O3S2Si. The summed E-state index contributed by atoms with van der Waals surface area (Å²) in [6.45, 7) is 10.2. The zero-order chi connectivity index (χ0) is 11.5. The fraction of sp³-hybridized carbons (Fsp3) is 1.00. The second-order valence-electron chi connectivity index (χ2n) is 3.45. The average Bonchev–Trinajstić information content (AvgIpc) is 2.80. The van der Waals surface area contributed by atoms with Crippen molar-refractivity contribution in [2.45, 2.75) is 34.1 Å². The maximum Gasteiger partial charge on any atom is 0.278 e. The van der Waals surface area contributed by atoms with E-state index in [1.807, 2.05) is 20.8 Å². The third-order valence-corrected chi connectivity index (χ3v) is 19.5. The van der Waals surface area contributed by atoms with Gasteiger partial charge in [-0.1, -0.05) is 17.2 Å². The highest BCUT2D eigenvalue weighted by Crippen LogP contribution is 3.11. The van der Waals surface area contributed by atoms with Gasteiger partial charge in [-0.2, -0.15) is 0 Å². The summed E-state index contributed by atoms with van der Waals surface area (Å²) in [7, 11) is -0.601. The lowest BCUT2D eigenvalue weighted by Crippen LogP contribution is -2.34. The minimum atomic E-state index is -3.02. The van der Waals surface area contributed by atoms with Gasteiger partial charge in [0.2, 0.25) is 0 Å². The molecule has 0 N–H and O–H groups in total. The van der Waals surface area contributed by atoms with E-state index < -0.39 is 7.62 Å². The molecule has 0 aromatic heterocycles. The van der Waals surface area contributed by atoms with E-state index >= 15 is 0 Å². The zero-order valence-corrected chi connectivity index (χ0v) is 12.7. The minimum absolute atomic E-state index is 0.631. The average molecular weight is 270 g/mol. The molecule has 1 rings (SSSR count). The van der Waals surface area contributed by atoms with Crippen LogP contribution >= 0.6 is 17.9 Å². The lowest BCUT2D eigenvalue weighted by Gasteiger charge is -2.62. The van der Waals surface area contributed by atoms with Gasteiger partial charge in [0.25, 0.3) is 7.82 Å². The summed E-state index contributed by atoms with van der Waals surface area (Å²) < 4.78 is 18.3. The van der Waals surface area contributed by atoms with E-state index in [0.717, 1.165) is 12.2 Å². The van der Waals surface area contributed by atoms with Crippen molar-refractivity contribution in [2.75, 3.05) is 25.6 Å². The molecule has 0 unspecified atom stereocenters. The van der Waals surface area contributed by atoms with Crippen LogP contribution in [0, 0.1) is 0 Å². The summed E-state index contributed by atoms with van der Waals surface area (Å²) in [4.78, 5) is 0. The Hall–Kier alpha value is 0.797. The van der Waals surface area contributed by atoms with E-state index in [4.69, 9.17) is 12.5 Å². The first-order valence-electron chi connectivity index (χ1n) is 5.56. The van der Waals surface area contributed by atoms with Crippen molar-refractivity contribution in [3.63, 3.8) is 0 Å². The molecule has 15 heavy (non-hydrogen) atoms. The third-order valence-electron chi connectivity index (χ3n) is 2.26. The van der Waals surface area contributed by atoms with Gasteiger partial charge in [0.05, 0.1) is 19.8 Å². The monoisotopic (exact) mass is 270 g/mol. The van der Waals surface area contributed by atoms with Gasteiger partial charge >= 0.3 is 0 Å². The van der Waals surface area contributed by atoms with Crippen LogP contribution in [-0.2, 0) is 12.5 Å². The fourth-order valence-corrected chi connectivity index (χ4v) is 19.2. The standard InChI is InChI=1S/C9H22O3S2Si/c1-5-9-14(10-6-2,11-7-3,12-8-4)13-15-14/h5-9H2,1-4H3. The van der Waals surface area contributed by atoms with Gasteiger partial charge in [-0.25, -0.2) is 0 Å². The van der Waals surface area contributed by atoms with Gasteiger partial charge < -0.3 is 12.5 Å². The Bertz CT molecular complexity index is 198. The molecular weight excluding hydrogens is 248 g/mol. The van der Waals surface area contributed by atoms with Crippen molar-refractivity contribution >= 4 is 25.7 Å². The van der Waals surface area contributed by atoms with Gasteiger partial charge in [0.1, 0.15) is 0 Å². The fourth-order valence-electron chi connectivity index (χ4n) is 1.87. The molecule has 92 valence electrons. The molecule has 0 bridgehead atoms. The van der Waals surface area contributed by atoms with Crippen molar-refractivity contribution in [3.8, 4) is 0 Å². The van der Waals surface area contributed by atoms with Crippen LogP contribution in [0.3, 0.4) is 0 Å². The van der Waals surface area contributed by atoms with E-state index in [0.29, 0.717) is 27.6 Å². The lowest BCUT2D eigenvalue weighted by atomic mass is 10.6. The highest BCUT2D eigenvalue weighted by molar-refractivity contribution is 9.42. The van der Waals surface area contributed by atoms with Gasteiger partial charge in [-0.05, 0) is 34.8 Å². The summed E-state index contributed by atoms with van der Waals surface area (Å²) >= 11 is 0. The van der Waals surface area contributed by atoms with Crippen LogP contribution in [0.4, 0.5) is 0 Å². The first-order chi connectivity index (χ1) is 7.06. The van der Waals surface area contributed by atoms with E-state index in [1.54, 1.807) is 10.2 Å². The van der Waals surface area contributed by atoms with Crippen molar-refractivity contribution in [1.29, 1.82) is 0 Å². The van der Waals surface area contributed by atoms with Gasteiger partial charge in [0, 0.05) is 5.75 Å². The van der Waals surface area contributed by atoms with Crippen LogP contribution in [0.2, 0.25) is 0 Å². The topological polar surface area (TPSA) is 27.7 Å². The molecule has 1 aliphatic heterocycles. The van der Waals surface area contributed by atoms with Crippen molar-refractivity contribution in [1.82, 2.24) is 0 Å². The molecule has 1 saturated heterocycles. The van der Waals surface area contributed by atoms with E-state index in [2.05, 4.69) is 6.92 Å². The zero-order valence-electron chi connectivity index (χ0n) is 10.1. The minimum Gasteiger partial charge on any atom is -0.310 e. The third kappa shape index (κ3) is 2.12. The van der Waals surface area contributed by atoms with Crippen molar-refractivity contribution in [2.24, 2.45) is 0 Å². The summed E-state index contributed by atoms with van der Waals surface area (Å²) in [6.07, 6.45) is 1.04. The molecule has 0 aromatic carbocycles. The molecule has 0 atom stereocenters. The van der Waals surface area contributed by atoms with Gasteiger partial charge in [-0.15, -0.1) is 0 Å². The summed E-state index contributed by atoms with van der Waals surface area (Å²) in [5.41, 5.74) is 0. The molecule has 0 amide bonds. The predicted molar refractivity (Wildman–Crippen MR) is 71.0 cm³/mol. The van der Waals surface area contributed by atoms with Crippen LogP contribution in [0.5, 0.6) is 0 Å². The molecule has 1 aliphatic rings. The highest BCUT2D eigenvalue weighted by atomic mass is 33.5. The van der Waals surface area contributed by atoms with Crippen molar-refractivity contribution in [3.05, 3.63) is 0 Å². The van der Waals surface area contributed by atoms with E-state index in [1.165, 1.54) is 0 Å². The number of hydrogen-bond donors (Lipinski definition) is 0. The second kappa shape index (κ2) is 4.23. The lowest BCUT2D eigenvalue weighted by molar-refractivity contribution is 0.172. The molecule has 0 aliphatic carbocycles. The molecule has 1 fully saturated rings. The molecule has 0 aromatic rings. The van der Waals surface area contributed by atoms with E-state index in [9.17, 15) is 0 Å². The molecule has 0 spiro atoms. The van der Waals surface area contributed by atoms with Crippen LogP contribution < -0.4 is 0 Å². The van der Waals surface area contributed by atoms with Crippen LogP contribution in [-0.4, -0.2) is 33.4 Å². The Morgan fingerprint density at radius 2 is 1.33 bits per heavy atom. The molecule has 3 nitrogen and oxygen atoms in total. The number of hydrogen-bond acceptors (Lipinski definition) is 4. The Kier molecular flexibility index (Phi) is 3.91. The first kappa shape index (κ1) is 13.9. The Morgan fingerprint density at radius 3 is 1.53 bits per heavy atom. The molecule has 6 heteroatoms. The maximum absolute atomic E-state index is 6.09. The quantitative estimate of drug-likeness (QED) is 0.384. The summed E-state index contributed by atoms with van der Waals surface area (Å²) in [5, 5.41) is 0. The van der Waals surface area contributed by atoms with Crippen LogP contribution in [0.25, 0.3) is 0 Å². The van der Waals surface area contributed by atoms with Gasteiger partial charge in [-0.3, -0.25) is 0 Å². The Balaban J connectivity index is 2.99. The SMILES string of the molecule is CCCS1(OCC)(OCC)(OCC)[Si]S1. The second-order valence-corrected chi connectivity index (χ2v) is 17.9. The maximum atomic E-state index is 6.09.